The van der Waals surface area contributed by atoms with Crippen LogP contribution in [0.25, 0.3) is 0 Å². The molecule has 2 heterocycles. The maximum atomic E-state index is 6.00. The average molecular weight is 212 g/mol. The first-order valence-electron chi connectivity index (χ1n) is 5.28. The first-order chi connectivity index (χ1) is 7.86. The number of nitrogens with zero attached hydrogens (tertiary/aromatic N) is 3. The fraction of sp³-hybridized carbons (Fsp3) is 0.167. The van der Waals surface area contributed by atoms with Crippen LogP contribution < -0.4 is 10.6 Å². The summed E-state index contributed by atoms with van der Waals surface area (Å²) in [6, 6.07) is 7.83. The zero-order valence-corrected chi connectivity index (χ0v) is 8.80. The molecule has 2 aromatic rings. The molecule has 0 saturated heterocycles. The van der Waals surface area contributed by atoms with E-state index in [1.54, 1.807) is 12.4 Å². The van der Waals surface area contributed by atoms with Gasteiger partial charge in [-0.3, -0.25) is 0 Å². The van der Waals surface area contributed by atoms with Gasteiger partial charge in [0.05, 0.1) is 11.4 Å². The lowest BCUT2D eigenvalue weighted by atomic mass is 10.1. The summed E-state index contributed by atoms with van der Waals surface area (Å²) in [6.07, 6.45) is 4.50. The van der Waals surface area contributed by atoms with E-state index in [1.807, 2.05) is 18.2 Å². The molecule has 0 aliphatic carbocycles. The van der Waals surface area contributed by atoms with Gasteiger partial charge in [-0.2, -0.15) is 0 Å². The summed E-state index contributed by atoms with van der Waals surface area (Å²) in [4.78, 5) is 10.6. The molecule has 80 valence electrons. The molecule has 0 spiro atoms. The molecule has 1 aliphatic heterocycles. The Balaban J connectivity index is 2.10. The Hall–Kier alpha value is -2.10. The largest absolute Gasteiger partial charge is 0.397 e. The molecule has 4 heteroatoms. The van der Waals surface area contributed by atoms with Crippen LogP contribution in [0.2, 0.25) is 0 Å². The monoisotopic (exact) mass is 212 g/mol. The maximum Gasteiger partial charge on any atom is 0.229 e. The normalized spacial score (nSPS) is 13.9. The van der Waals surface area contributed by atoms with E-state index in [1.165, 1.54) is 5.56 Å². The molecule has 0 amide bonds. The van der Waals surface area contributed by atoms with Crippen LogP contribution in [-0.2, 0) is 6.42 Å². The van der Waals surface area contributed by atoms with E-state index in [0.29, 0.717) is 0 Å². The summed E-state index contributed by atoms with van der Waals surface area (Å²) < 4.78 is 0. The van der Waals surface area contributed by atoms with Gasteiger partial charge in [0.15, 0.2) is 0 Å². The SMILES string of the molecule is Nc1cccc2c1N(c1ncccn1)CC2. The summed E-state index contributed by atoms with van der Waals surface area (Å²) in [5.41, 5.74) is 9.13. The van der Waals surface area contributed by atoms with E-state index in [-0.39, 0.29) is 0 Å². The van der Waals surface area contributed by atoms with Crippen molar-refractivity contribution in [2.45, 2.75) is 6.42 Å². The zero-order chi connectivity index (χ0) is 11.0. The molecule has 1 aromatic carbocycles. The molecular weight excluding hydrogens is 200 g/mol. The van der Waals surface area contributed by atoms with Gasteiger partial charge in [0.2, 0.25) is 5.95 Å². The lowest BCUT2D eigenvalue weighted by molar-refractivity contribution is 0.940. The molecule has 0 unspecified atom stereocenters. The third-order valence-electron chi connectivity index (χ3n) is 2.82. The van der Waals surface area contributed by atoms with Crippen LogP contribution in [0.5, 0.6) is 0 Å². The standard InChI is InChI=1S/C12H12N4/c13-10-4-1-3-9-5-8-16(11(9)10)12-14-6-2-7-15-12/h1-4,6-7H,5,8,13H2. The number of aromatic nitrogens is 2. The number of benzene rings is 1. The molecule has 0 fully saturated rings. The highest BCUT2D eigenvalue weighted by Gasteiger charge is 2.23. The third kappa shape index (κ3) is 1.31. The highest BCUT2D eigenvalue weighted by Crippen LogP contribution is 2.36. The van der Waals surface area contributed by atoms with Crippen molar-refractivity contribution in [2.24, 2.45) is 0 Å². The molecule has 0 radical (unpaired) electrons. The number of hydrogen-bond acceptors (Lipinski definition) is 4. The Labute approximate surface area is 93.8 Å². The van der Waals surface area contributed by atoms with Crippen LogP contribution in [0, 0.1) is 0 Å². The smallest absolute Gasteiger partial charge is 0.229 e. The molecule has 2 N–H and O–H groups in total. The minimum absolute atomic E-state index is 0.721. The molecule has 4 nitrogen and oxygen atoms in total. The first kappa shape index (κ1) is 9.15. The Morgan fingerprint density at radius 1 is 1.12 bits per heavy atom. The molecule has 0 saturated carbocycles. The number of rotatable bonds is 1. The quantitative estimate of drug-likeness (QED) is 0.732. The van der Waals surface area contributed by atoms with Crippen molar-refractivity contribution >= 4 is 17.3 Å². The van der Waals surface area contributed by atoms with Crippen molar-refractivity contribution < 1.29 is 0 Å². The second-order valence-corrected chi connectivity index (χ2v) is 3.81. The fourth-order valence-corrected chi connectivity index (χ4v) is 2.12. The van der Waals surface area contributed by atoms with E-state index in [0.717, 1.165) is 30.3 Å². The molecule has 16 heavy (non-hydrogen) atoms. The van der Waals surface area contributed by atoms with Crippen molar-refractivity contribution in [3.8, 4) is 0 Å². The number of nitrogen functional groups attached to an aromatic ring is 1. The summed E-state index contributed by atoms with van der Waals surface area (Å²) in [5, 5.41) is 0. The van der Waals surface area contributed by atoms with Crippen LogP contribution in [-0.4, -0.2) is 16.5 Å². The van der Waals surface area contributed by atoms with Crippen molar-refractivity contribution in [1.82, 2.24) is 9.97 Å². The summed E-state index contributed by atoms with van der Waals surface area (Å²) in [7, 11) is 0. The van der Waals surface area contributed by atoms with Crippen molar-refractivity contribution in [2.75, 3.05) is 17.2 Å². The van der Waals surface area contributed by atoms with Crippen LogP contribution in [0.1, 0.15) is 5.56 Å². The first-order valence-corrected chi connectivity index (χ1v) is 5.28. The molecular formula is C12H12N4. The molecule has 0 bridgehead atoms. The molecule has 1 aromatic heterocycles. The van der Waals surface area contributed by atoms with Gasteiger partial charge >= 0.3 is 0 Å². The van der Waals surface area contributed by atoms with Crippen molar-refractivity contribution in [3.63, 3.8) is 0 Å². The maximum absolute atomic E-state index is 6.00. The van der Waals surface area contributed by atoms with Gasteiger partial charge < -0.3 is 10.6 Å². The number of anilines is 3. The molecule has 1 aliphatic rings. The second-order valence-electron chi connectivity index (χ2n) is 3.81. The van der Waals surface area contributed by atoms with E-state index < -0.39 is 0 Å². The molecule has 0 atom stereocenters. The fourth-order valence-electron chi connectivity index (χ4n) is 2.12. The second kappa shape index (κ2) is 3.48. The Bertz CT molecular complexity index is 510. The number of fused-ring (bicyclic) bond motifs is 1. The number of hydrogen-bond donors (Lipinski definition) is 1. The van der Waals surface area contributed by atoms with E-state index in [4.69, 9.17) is 5.73 Å². The topological polar surface area (TPSA) is 55.0 Å². The van der Waals surface area contributed by atoms with Gasteiger partial charge in [0.1, 0.15) is 0 Å². The number of nitrogens with two attached hydrogens (primary N) is 1. The van der Waals surface area contributed by atoms with Gasteiger partial charge in [0.25, 0.3) is 0 Å². The lowest BCUT2D eigenvalue weighted by Crippen LogP contribution is -2.17. The predicted molar refractivity (Wildman–Crippen MR) is 63.6 cm³/mol. The van der Waals surface area contributed by atoms with Crippen molar-refractivity contribution in [3.05, 3.63) is 42.2 Å². The van der Waals surface area contributed by atoms with Crippen LogP contribution in [0.15, 0.2) is 36.7 Å². The summed E-state index contributed by atoms with van der Waals surface area (Å²) >= 11 is 0. The van der Waals surface area contributed by atoms with Gasteiger partial charge in [-0.25, -0.2) is 9.97 Å². The Kier molecular flexibility index (Phi) is 1.99. The van der Waals surface area contributed by atoms with Crippen LogP contribution >= 0.6 is 0 Å². The van der Waals surface area contributed by atoms with Gasteiger partial charge in [0, 0.05) is 18.9 Å². The number of para-hydroxylation sites is 1. The van der Waals surface area contributed by atoms with Crippen LogP contribution in [0.4, 0.5) is 17.3 Å². The minimum atomic E-state index is 0.721. The third-order valence-corrected chi connectivity index (χ3v) is 2.82. The predicted octanol–water partition coefficient (Wildman–Crippen LogP) is 1.75. The summed E-state index contributed by atoms with van der Waals surface area (Å²) in [5.74, 6) is 0.721. The van der Waals surface area contributed by atoms with Gasteiger partial charge in [-0.05, 0) is 24.1 Å². The highest BCUT2D eigenvalue weighted by atomic mass is 15.3. The lowest BCUT2D eigenvalue weighted by Gasteiger charge is -2.18. The van der Waals surface area contributed by atoms with Gasteiger partial charge in [-0.15, -0.1) is 0 Å². The average Bonchev–Trinajstić information content (AvgIpc) is 2.75. The zero-order valence-electron chi connectivity index (χ0n) is 8.80. The summed E-state index contributed by atoms with van der Waals surface area (Å²) in [6.45, 7) is 0.896. The van der Waals surface area contributed by atoms with E-state index in [2.05, 4.69) is 20.9 Å². The van der Waals surface area contributed by atoms with Crippen LogP contribution in [0.3, 0.4) is 0 Å². The van der Waals surface area contributed by atoms with Gasteiger partial charge in [-0.1, -0.05) is 12.1 Å². The minimum Gasteiger partial charge on any atom is -0.397 e. The molecule has 3 rings (SSSR count). The van der Waals surface area contributed by atoms with E-state index >= 15 is 0 Å². The Morgan fingerprint density at radius 3 is 2.75 bits per heavy atom. The Morgan fingerprint density at radius 2 is 1.94 bits per heavy atom. The van der Waals surface area contributed by atoms with Crippen molar-refractivity contribution in [1.29, 1.82) is 0 Å². The van der Waals surface area contributed by atoms with E-state index in [9.17, 15) is 0 Å². The highest BCUT2D eigenvalue weighted by molar-refractivity contribution is 5.78.